The van der Waals surface area contributed by atoms with Crippen LogP contribution in [0.3, 0.4) is 0 Å². The molecule has 0 amide bonds. The minimum Gasteiger partial charge on any atom is -0.429 e. The second kappa shape index (κ2) is 9.15. The summed E-state index contributed by atoms with van der Waals surface area (Å²) in [6.45, 7) is 7.59. The van der Waals surface area contributed by atoms with Crippen LogP contribution in [0, 0.1) is 11.8 Å². The van der Waals surface area contributed by atoms with Crippen molar-refractivity contribution in [1.82, 2.24) is 0 Å². The number of carbonyl (C=O) groups excluding carboxylic acids is 1. The molecule has 0 saturated carbocycles. The molecule has 0 aromatic heterocycles. The Morgan fingerprint density at radius 1 is 1.18 bits per heavy atom. The molecule has 1 atom stereocenters. The van der Waals surface area contributed by atoms with Gasteiger partial charge in [-0.1, -0.05) is 49.6 Å². The Hall–Kier alpha value is -1.95. The maximum atomic E-state index is 11.9. The van der Waals surface area contributed by atoms with Gasteiger partial charge in [0.2, 0.25) is 0 Å². The molecule has 3 heteroatoms. The molecule has 0 aliphatic heterocycles. The average molecular weight is 302 g/mol. The first-order chi connectivity index (χ1) is 10.4. The Kier molecular flexibility index (Phi) is 7.52. The van der Waals surface area contributed by atoms with Crippen molar-refractivity contribution < 1.29 is 14.3 Å². The first kappa shape index (κ1) is 18.1. The number of hydrogen-bond donors (Lipinski definition) is 0. The Morgan fingerprint density at radius 2 is 1.86 bits per heavy atom. The number of carbonyl (C=O) groups is 1. The van der Waals surface area contributed by atoms with Crippen molar-refractivity contribution in [2.45, 2.75) is 65.1 Å². The van der Waals surface area contributed by atoms with Gasteiger partial charge in [-0.3, -0.25) is 0 Å². The number of benzene rings is 1. The molecule has 0 heterocycles. The predicted octanol–water partition coefficient (Wildman–Crippen LogP) is 5.26. The third-order valence-corrected chi connectivity index (χ3v) is 2.87. The molecule has 0 saturated heterocycles. The summed E-state index contributed by atoms with van der Waals surface area (Å²) in [7, 11) is 0. The Bertz CT molecular complexity index is 503. The molecule has 0 aliphatic carbocycles. The highest BCUT2D eigenvalue weighted by molar-refractivity contribution is 5.61. The normalized spacial score (nSPS) is 12.0. The fraction of sp³-hybridized carbons (Fsp3) is 0.526. The summed E-state index contributed by atoms with van der Waals surface area (Å²) in [4.78, 5) is 11.9. The molecule has 22 heavy (non-hydrogen) atoms. The molecule has 0 radical (unpaired) electrons. The van der Waals surface area contributed by atoms with E-state index < -0.39 is 17.9 Å². The summed E-state index contributed by atoms with van der Waals surface area (Å²) in [6, 6.07) is 9.64. The number of hydrogen-bond acceptors (Lipinski definition) is 3. The molecule has 0 N–H and O–H groups in total. The number of rotatable bonds is 5. The van der Waals surface area contributed by atoms with E-state index in [0.717, 1.165) is 24.8 Å². The maximum Gasteiger partial charge on any atom is 0.509 e. The van der Waals surface area contributed by atoms with Crippen molar-refractivity contribution in [3.8, 4) is 11.8 Å². The van der Waals surface area contributed by atoms with E-state index in [1.165, 1.54) is 0 Å². The second-order valence-corrected chi connectivity index (χ2v) is 6.14. The molecule has 1 aromatic carbocycles. The van der Waals surface area contributed by atoms with Crippen LogP contribution in [-0.4, -0.2) is 11.8 Å². The van der Waals surface area contributed by atoms with Crippen molar-refractivity contribution in [1.29, 1.82) is 0 Å². The van der Waals surface area contributed by atoms with Gasteiger partial charge in [-0.15, -0.1) is 5.92 Å². The van der Waals surface area contributed by atoms with Gasteiger partial charge in [0.25, 0.3) is 0 Å². The molecule has 0 spiro atoms. The van der Waals surface area contributed by atoms with E-state index in [2.05, 4.69) is 18.8 Å². The first-order valence-electron chi connectivity index (χ1n) is 7.82. The number of ether oxygens (including phenoxy) is 2. The van der Waals surface area contributed by atoms with Gasteiger partial charge in [-0.2, -0.15) is 0 Å². The van der Waals surface area contributed by atoms with Crippen LogP contribution >= 0.6 is 0 Å². The van der Waals surface area contributed by atoms with Crippen LogP contribution < -0.4 is 0 Å². The van der Waals surface area contributed by atoms with Gasteiger partial charge in [0.15, 0.2) is 0 Å². The standard InChI is InChI=1S/C19H26O3/c1-5-6-7-8-12-15-17(16-13-10-9-11-14-16)21-18(20)22-19(2,3)4/h9-11,13-14,17H,5-7,15H2,1-4H3. The van der Waals surface area contributed by atoms with Crippen LogP contribution in [0.1, 0.15) is 65.0 Å². The summed E-state index contributed by atoms with van der Waals surface area (Å²) < 4.78 is 10.7. The van der Waals surface area contributed by atoms with Gasteiger partial charge in [0.05, 0.1) is 6.42 Å². The highest BCUT2D eigenvalue weighted by Gasteiger charge is 2.22. The molecule has 120 valence electrons. The Balaban J connectivity index is 2.70. The van der Waals surface area contributed by atoms with E-state index >= 15 is 0 Å². The first-order valence-corrected chi connectivity index (χ1v) is 7.82. The molecular formula is C19H26O3. The van der Waals surface area contributed by atoms with E-state index in [0.29, 0.717) is 6.42 Å². The topological polar surface area (TPSA) is 35.5 Å². The lowest BCUT2D eigenvalue weighted by atomic mass is 10.1. The summed E-state index contributed by atoms with van der Waals surface area (Å²) >= 11 is 0. The van der Waals surface area contributed by atoms with Crippen LogP contribution in [0.25, 0.3) is 0 Å². The lowest BCUT2D eigenvalue weighted by Crippen LogP contribution is -2.25. The highest BCUT2D eigenvalue weighted by atomic mass is 16.7. The summed E-state index contributed by atoms with van der Waals surface area (Å²) in [5, 5.41) is 0. The molecule has 0 bridgehead atoms. The molecular weight excluding hydrogens is 276 g/mol. The van der Waals surface area contributed by atoms with Crippen molar-refractivity contribution in [2.75, 3.05) is 0 Å². The van der Waals surface area contributed by atoms with Crippen LogP contribution in [0.4, 0.5) is 4.79 Å². The zero-order chi connectivity index (χ0) is 16.4. The predicted molar refractivity (Wildman–Crippen MR) is 88.4 cm³/mol. The van der Waals surface area contributed by atoms with Gasteiger partial charge in [-0.25, -0.2) is 4.79 Å². The Labute approximate surface area is 134 Å². The minimum absolute atomic E-state index is 0.398. The summed E-state index contributed by atoms with van der Waals surface area (Å²) in [5.41, 5.74) is 0.364. The lowest BCUT2D eigenvalue weighted by molar-refractivity contribution is -0.0265. The molecule has 1 rings (SSSR count). The van der Waals surface area contributed by atoms with Crippen LogP contribution in [0.2, 0.25) is 0 Å². The highest BCUT2D eigenvalue weighted by Crippen LogP contribution is 2.22. The average Bonchev–Trinajstić information content (AvgIpc) is 2.45. The van der Waals surface area contributed by atoms with Crippen molar-refractivity contribution in [3.05, 3.63) is 35.9 Å². The number of unbranched alkanes of at least 4 members (excludes halogenated alkanes) is 2. The zero-order valence-electron chi connectivity index (χ0n) is 14.0. The van der Waals surface area contributed by atoms with Gasteiger partial charge in [0, 0.05) is 6.42 Å². The quantitative estimate of drug-likeness (QED) is 0.422. The van der Waals surface area contributed by atoms with Gasteiger partial charge in [-0.05, 0) is 32.8 Å². The SMILES string of the molecule is CCCCC#CCC(OC(=O)OC(C)(C)C)c1ccccc1. The molecule has 1 unspecified atom stereocenters. The lowest BCUT2D eigenvalue weighted by Gasteiger charge is -2.22. The van der Waals surface area contributed by atoms with E-state index in [9.17, 15) is 4.79 Å². The van der Waals surface area contributed by atoms with Crippen LogP contribution in [0.5, 0.6) is 0 Å². The van der Waals surface area contributed by atoms with E-state index in [1.54, 1.807) is 0 Å². The second-order valence-electron chi connectivity index (χ2n) is 6.14. The fourth-order valence-electron chi connectivity index (χ4n) is 1.80. The molecule has 3 nitrogen and oxygen atoms in total. The summed E-state index contributed by atoms with van der Waals surface area (Å²) in [6.07, 6.45) is 2.53. The van der Waals surface area contributed by atoms with E-state index in [1.807, 2.05) is 51.1 Å². The van der Waals surface area contributed by atoms with E-state index in [-0.39, 0.29) is 0 Å². The largest absolute Gasteiger partial charge is 0.509 e. The fourth-order valence-corrected chi connectivity index (χ4v) is 1.80. The van der Waals surface area contributed by atoms with Gasteiger partial charge >= 0.3 is 6.16 Å². The monoisotopic (exact) mass is 302 g/mol. The van der Waals surface area contributed by atoms with Gasteiger partial charge < -0.3 is 9.47 Å². The molecule has 0 fully saturated rings. The van der Waals surface area contributed by atoms with Crippen LogP contribution in [0.15, 0.2) is 30.3 Å². The third-order valence-electron chi connectivity index (χ3n) is 2.87. The minimum atomic E-state index is -0.656. The van der Waals surface area contributed by atoms with Gasteiger partial charge in [0.1, 0.15) is 11.7 Å². The molecule has 1 aromatic rings. The van der Waals surface area contributed by atoms with Crippen molar-refractivity contribution in [3.63, 3.8) is 0 Å². The smallest absolute Gasteiger partial charge is 0.429 e. The van der Waals surface area contributed by atoms with E-state index in [4.69, 9.17) is 9.47 Å². The maximum absolute atomic E-state index is 11.9. The summed E-state index contributed by atoms with van der Waals surface area (Å²) in [5.74, 6) is 6.23. The third kappa shape index (κ3) is 7.73. The zero-order valence-corrected chi connectivity index (χ0v) is 14.0. The van der Waals surface area contributed by atoms with Crippen molar-refractivity contribution >= 4 is 6.16 Å². The van der Waals surface area contributed by atoms with Crippen LogP contribution in [-0.2, 0) is 9.47 Å². The van der Waals surface area contributed by atoms with Crippen molar-refractivity contribution in [2.24, 2.45) is 0 Å². The Morgan fingerprint density at radius 3 is 2.45 bits per heavy atom. The molecule has 0 aliphatic rings.